The molecule has 1 atom stereocenters. The monoisotopic (exact) mass is 444 g/mol. The summed E-state index contributed by atoms with van der Waals surface area (Å²) in [5, 5.41) is 7.12. The van der Waals surface area contributed by atoms with Crippen molar-refractivity contribution in [3.63, 3.8) is 0 Å². The highest BCUT2D eigenvalue weighted by atomic mass is 32.2. The molecule has 2 aliphatic heterocycles. The van der Waals surface area contributed by atoms with Crippen LogP contribution in [-0.4, -0.2) is 65.8 Å². The third-order valence-electron chi connectivity index (χ3n) is 5.55. The minimum absolute atomic E-state index is 0.0486. The van der Waals surface area contributed by atoms with Crippen molar-refractivity contribution >= 4 is 35.2 Å². The molecule has 0 radical (unpaired) electrons. The summed E-state index contributed by atoms with van der Waals surface area (Å²) in [4.78, 5) is 19.4. The molecule has 1 aromatic carbocycles. The normalized spacial score (nSPS) is 22.0. The van der Waals surface area contributed by atoms with E-state index in [0.29, 0.717) is 6.54 Å². The number of ether oxygens (including phenoxy) is 1. The number of urea groups is 1. The van der Waals surface area contributed by atoms with Crippen LogP contribution in [0, 0.1) is 0 Å². The Hall–Kier alpha value is -1.74. The van der Waals surface area contributed by atoms with Gasteiger partial charge in [-0.25, -0.2) is 9.78 Å². The lowest BCUT2D eigenvalue weighted by Crippen LogP contribution is -2.59. The molecule has 1 unspecified atom stereocenters. The van der Waals surface area contributed by atoms with Gasteiger partial charge in [0.15, 0.2) is 0 Å². The summed E-state index contributed by atoms with van der Waals surface area (Å²) in [5.74, 6) is 3.02. The van der Waals surface area contributed by atoms with Gasteiger partial charge in [0.05, 0.1) is 18.2 Å². The van der Waals surface area contributed by atoms with Crippen LogP contribution in [0.4, 0.5) is 10.5 Å². The Morgan fingerprint density at radius 2 is 2.13 bits per heavy atom. The quantitative estimate of drug-likeness (QED) is 0.635. The van der Waals surface area contributed by atoms with Gasteiger partial charge in [-0.15, -0.1) is 11.8 Å². The van der Waals surface area contributed by atoms with Crippen LogP contribution in [0.2, 0.25) is 0 Å². The van der Waals surface area contributed by atoms with E-state index in [1.807, 2.05) is 48.2 Å². The molecule has 0 aliphatic carbocycles. The molecule has 30 heavy (non-hydrogen) atoms. The Balaban J connectivity index is 1.30. The first-order valence-corrected chi connectivity index (χ1v) is 12.5. The van der Waals surface area contributed by atoms with Crippen LogP contribution in [0.1, 0.15) is 12.0 Å². The Morgan fingerprint density at radius 1 is 1.23 bits per heavy atom. The van der Waals surface area contributed by atoms with Crippen molar-refractivity contribution in [3.8, 4) is 0 Å². The van der Waals surface area contributed by atoms with Crippen molar-refractivity contribution in [2.24, 2.45) is 0 Å². The highest BCUT2D eigenvalue weighted by Gasteiger charge is 2.40. The summed E-state index contributed by atoms with van der Waals surface area (Å²) in [6.45, 7) is 4.12. The molecule has 2 N–H and O–H groups in total. The molecule has 2 amide bonds. The molecule has 160 valence electrons. The number of thioether (sulfide) groups is 2. The number of rotatable bonds is 7. The summed E-state index contributed by atoms with van der Waals surface area (Å²) in [5.41, 5.74) is 2.01. The fraction of sp³-hybridized carbons (Fsp3) is 0.455. The average Bonchev–Trinajstić information content (AvgIpc) is 3.28. The summed E-state index contributed by atoms with van der Waals surface area (Å²) in [7, 11) is 0. The van der Waals surface area contributed by atoms with Crippen LogP contribution in [0.3, 0.4) is 0 Å². The van der Waals surface area contributed by atoms with Crippen LogP contribution in [0.25, 0.3) is 0 Å². The molecule has 8 heteroatoms. The highest BCUT2D eigenvalue weighted by Crippen LogP contribution is 2.33. The van der Waals surface area contributed by atoms with Crippen molar-refractivity contribution in [2.45, 2.75) is 22.7 Å². The van der Waals surface area contributed by atoms with Crippen molar-refractivity contribution in [3.05, 3.63) is 54.2 Å². The maximum absolute atomic E-state index is 12.6. The van der Waals surface area contributed by atoms with Crippen LogP contribution in [0.5, 0.6) is 0 Å². The molecule has 0 saturated carbocycles. The van der Waals surface area contributed by atoms with Gasteiger partial charge in [0.25, 0.3) is 0 Å². The van der Waals surface area contributed by atoms with E-state index in [-0.39, 0.29) is 11.6 Å². The number of anilines is 1. The molecule has 2 aliphatic rings. The van der Waals surface area contributed by atoms with Crippen LogP contribution >= 0.6 is 23.5 Å². The van der Waals surface area contributed by atoms with E-state index in [4.69, 9.17) is 4.74 Å². The fourth-order valence-corrected chi connectivity index (χ4v) is 6.17. The van der Waals surface area contributed by atoms with Crippen molar-refractivity contribution in [1.29, 1.82) is 0 Å². The number of benzene rings is 1. The number of hydrogen-bond acceptors (Lipinski definition) is 6. The predicted octanol–water partition coefficient (Wildman–Crippen LogP) is 3.70. The minimum Gasteiger partial charge on any atom is -0.379 e. The minimum atomic E-state index is -0.144. The van der Waals surface area contributed by atoms with Crippen molar-refractivity contribution < 1.29 is 9.53 Å². The number of aromatic nitrogens is 1. The summed E-state index contributed by atoms with van der Waals surface area (Å²) in [6, 6.07) is 13.8. The number of amides is 2. The molecule has 1 aromatic heterocycles. The van der Waals surface area contributed by atoms with Gasteiger partial charge in [-0.05, 0) is 42.0 Å². The van der Waals surface area contributed by atoms with Gasteiger partial charge in [0.2, 0.25) is 0 Å². The van der Waals surface area contributed by atoms with Gasteiger partial charge >= 0.3 is 6.03 Å². The van der Waals surface area contributed by atoms with Gasteiger partial charge in [-0.1, -0.05) is 18.2 Å². The van der Waals surface area contributed by atoms with Gasteiger partial charge < -0.3 is 15.4 Å². The largest absolute Gasteiger partial charge is 0.379 e. The van der Waals surface area contributed by atoms with E-state index in [0.717, 1.165) is 66.3 Å². The SMILES string of the molecule is O=C(NCC1(N2CCOCC2)CCSC1)Nc1cccc(CSc2ccccn2)c1. The number of carbonyl (C=O) groups is 1. The maximum Gasteiger partial charge on any atom is 0.319 e. The number of hydrogen-bond donors (Lipinski definition) is 2. The van der Waals surface area contributed by atoms with Gasteiger partial charge in [0, 0.05) is 48.6 Å². The molecule has 0 bridgehead atoms. The molecule has 6 nitrogen and oxygen atoms in total. The summed E-state index contributed by atoms with van der Waals surface area (Å²) < 4.78 is 5.51. The first-order chi connectivity index (χ1) is 14.7. The number of nitrogens with one attached hydrogen (secondary N) is 2. The standard InChI is InChI=1S/C22H28N4O2S2/c27-21(24-16-22(7-13-29-17-22)26-9-11-28-12-10-26)25-19-5-3-4-18(14-19)15-30-20-6-1-2-8-23-20/h1-6,8,14H,7,9-13,15-17H2,(H2,24,25,27). The van der Waals surface area contributed by atoms with E-state index in [1.165, 1.54) is 0 Å². The molecule has 2 aromatic rings. The second-order valence-corrected chi connectivity index (χ2v) is 9.69. The molecule has 3 heterocycles. The van der Waals surface area contributed by atoms with Crippen molar-refractivity contribution in [2.75, 3.05) is 49.7 Å². The Bertz CT molecular complexity index is 825. The topological polar surface area (TPSA) is 66.5 Å². The lowest BCUT2D eigenvalue weighted by molar-refractivity contribution is -0.0123. The maximum atomic E-state index is 12.6. The third kappa shape index (κ3) is 5.69. The number of nitrogens with zero attached hydrogens (tertiary/aromatic N) is 2. The van der Waals surface area contributed by atoms with E-state index < -0.39 is 0 Å². The number of morpholine rings is 1. The Labute approximate surface area is 186 Å². The number of pyridine rings is 1. The first kappa shape index (κ1) is 21.5. The molecule has 0 spiro atoms. The molecule has 2 saturated heterocycles. The lowest BCUT2D eigenvalue weighted by atomic mass is 9.95. The third-order valence-corrected chi connectivity index (χ3v) is 7.80. The zero-order valence-corrected chi connectivity index (χ0v) is 18.6. The molecule has 4 rings (SSSR count). The van der Waals surface area contributed by atoms with E-state index in [9.17, 15) is 4.79 Å². The van der Waals surface area contributed by atoms with Crippen molar-refractivity contribution in [1.82, 2.24) is 15.2 Å². The Morgan fingerprint density at radius 3 is 2.90 bits per heavy atom. The van der Waals surface area contributed by atoms with E-state index in [1.54, 1.807) is 18.0 Å². The van der Waals surface area contributed by atoms with E-state index in [2.05, 4.69) is 26.6 Å². The molecular weight excluding hydrogens is 416 g/mol. The van der Waals surface area contributed by atoms with Gasteiger partial charge in [0.1, 0.15) is 0 Å². The van der Waals surface area contributed by atoms with Crippen LogP contribution in [0.15, 0.2) is 53.7 Å². The predicted molar refractivity (Wildman–Crippen MR) is 124 cm³/mol. The number of carbonyl (C=O) groups excluding carboxylic acids is 1. The average molecular weight is 445 g/mol. The Kier molecular flexibility index (Phi) is 7.54. The summed E-state index contributed by atoms with van der Waals surface area (Å²) in [6.07, 6.45) is 2.91. The summed E-state index contributed by atoms with van der Waals surface area (Å²) >= 11 is 3.66. The first-order valence-electron chi connectivity index (χ1n) is 10.3. The lowest BCUT2D eigenvalue weighted by Gasteiger charge is -2.43. The highest BCUT2D eigenvalue weighted by molar-refractivity contribution is 7.99. The van der Waals surface area contributed by atoms with E-state index >= 15 is 0 Å². The van der Waals surface area contributed by atoms with Crippen LogP contribution in [-0.2, 0) is 10.5 Å². The van der Waals surface area contributed by atoms with Crippen LogP contribution < -0.4 is 10.6 Å². The molecular formula is C22H28N4O2S2. The zero-order chi connectivity index (χ0) is 20.7. The second kappa shape index (κ2) is 10.5. The van der Waals surface area contributed by atoms with Gasteiger partial charge in [-0.3, -0.25) is 4.90 Å². The fourth-order valence-electron chi connectivity index (χ4n) is 3.88. The zero-order valence-electron chi connectivity index (χ0n) is 17.0. The smallest absolute Gasteiger partial charge is 0.319 e. The second-order valence-electron chi connectivity index (χ2n) is 7.59. The van der Waals surface area contributed by atoms with Gasteiger partial charge in [-0.2, -0.15) is 11.8 Å². The molecule has 2 fully saturated rings.